The number of amides is 1. The summed E-state index contributed by atoms with van der Waals surface area (Å²) in [5.41, 5.74) is 2.04. The molecule has 1 aliphatic heterocycles. The van der Waals surface area contributed by atoms with Crippen LogP contribution in [0.2, 0.25) is 0 Å². The molecule has 0 radical (unpaired) electrons. The average Bonchev–Trinajstić information content (AvgIpc) is 3.08. The highest BCUT2D eigenvalue weighted by Gasteiger charge is 2.21. The monoisotopic (exact) mass is 322 g/mol. The lowest BCUT2D eigenvalue weighted by atomic mass is 10.2. The number of morpholine rings is 1. The Balaban J connectivity index is 0.00000176. The van der Waals surface area contributed by atoms with Gasteiger partial charge in [-0.3, -0.25) is 4.79 Å². The van der Waals surface area contributed by atoms with Gasteiger partial charge in [-0.1, -0.05) is 12.1 Å². The Kier molecular flexibility index (Phi) is 5.94. The number of nitrogens with zero attached hydrogens (tertiary/aromatic N) is 2. The van der Waals surface area contributed by atoms with Crippen molar-refractivity contribution >= 4 is 18.3 Å². The molecule has 1 aliphatic rings. The van der Waals surface area contributed by atoms with Gasteiger partial charge in [0, 0.05) is 32.0 Å². The minimum absolute atomic E-state index is 0. The maximum Gasteiger partial charge on any atom is 0.250 e. The third-order valence-corrected chi connectivity index (χ3v) is 3.39. The van der Waals surface area contributed by atoms with Crippen LogP contribution in [0.25, 0.3) is 5.69 Å². The molecule has 0 spiro atoms. The fourth-order valence-corrected chi connectivity index (χ4v) is 2.22. The van der Waals surface area contributed by atoms with E-state index in [2.05, 4.69) is 15.7 Å². The first kappa shape index (κ1) is 16.5. The van der Waals surface area contributed by atoms with Gasteiger partial charge >= 0.3 is 0 Å². The first-order chi connectivity index (χ1) is 10.3. The van der Waals surface area contributed by atoms with E-state index in [9.17, 15) is 4.79 Å². The van der Waals surface area contributed by atoms with Crippen LogP contribution in [0.1, 0.15) is 5.56 Å². The zero-order chi connectivity index (χ0) is 14.5. The van der Waals surface area contributed by atoms with Crippen LogP contribution >= 0.6 is 12.4 Å². The van der Waals surface area contributed by atoms with Gasteiger partial charge in [0.2, 0.25) is 0 Å². The normalized spacial score (nSPS) is 17.5. The smallest absolute Gasteiger partial charge is 0.250 e. The predicted octanol–water partition coefficient (Wildman–Crippen LogP) is 0.899. The number of benzene rings is 1. The van der Waals surface area contributed by atoms with Gasteiger partial charge in [0.25, 0.3) is 5.91 Å². The maximum absolute atomic E-state index is 11.9. The summed E-state index contributed by atoms with van der Waals surface area (Å²) >= 11 is 0. The molecule has 1 unspecified atom stereocenters. The van der Waals surface area contributed by atoms with E-state index >= 15 is 0 Å². The van der Waals surface area contributed by atoms with Crippen molar-refractivity contribution in [3.8, 4) is 5.69 Å². The van der Waals surface area contributed by atoms with E-state index in [4.69, 9.17) is 4.74 Å². The van der Waals surface area contributed by atoms with E-state index < -0.39 is 0 Å². The van der Waals surface area contributed by atoms with Gasteiger partial charge in [0.05, 0.1) is 12.3 Å². The van der Waals surface area contributed by atoms with Crippen molar-refractivity contribution in [2.75, 3.05) is 19.7 Å². The molecule has 1 fully saturated rings. The molecule has 7 heteroatoms. The molecule has 2 heterocycles. The molecule has 1 aromatic heterocycles. The molecule has 3 rings (SSSR count). The van der Waals surface area contributed by atoms with Gasteiger partial charge < -0.3 is 15.4 Å². The summed E-state index contributed by atoms with van der Waals surface area (Å²) in [6.45, 7) is 2.46. The number of nitrogens with one attached hydrogen (secondary N) is 2. The molecular weight excluding hydrogens is 304 g/mol. The zero-order valence-electron chi connectivity index (χ0n) is 12.1. The Labute approximate surface area is 135 Å². The van der Waals surface area contributed by atoms with Crippen molar-refractivity contribution in [2.45, 2.75) is 12.6 Å². The van der Waals surface area contributed by atoms with Crippen LogP contribution in [0.3, 0.4) is 0 Å². The molecular formula is C15H19ClN4O2. The number of carbonyl (C=O) groups excluding carboxylic acids is 1. The summed E-state index contributed by atoms with van der Waals surface area (Å²) < 4.78 is 7.21. The van der Waals surface area contributed by atoms with Crippen LogP contribution in [-0.4, -0.2) is 41.5 Å². The number of hydrogen-bond acceptors (Lipinski definition) is 4. The van der Waals surface area contributed by atoms with Gasteiger partial charge in [-0.05, 0) is 23.8 Å². The van der Waals surface area contributed by atoms with E-state index in [1.807, 2.05) is 36.5 Å². The van der Waals surface area contributed by atoms with Crippen LogP contribution in [0.15, 0.2) is 42.7 Å². The van der Waals surface area contributed by atoms with Crippen molar-refractivity contribution in [3.63, 3.8) is 0 Å². The topological polar surface area (TPSA) is 68.2 Å². The second kappa shape index (κ2) is 7.93. The summed E-state index contributed by atoms with van der Waals surface area (Å²) in [6.07, 6.45) is 3.25. The van der Waals surface area contributed by atoms with Crippen LogP contribution in [-0.2, 0) is 16.1 Å². The van der Waals surface area contributed by atoms with Crippen LogP contribution in [0.4, 0.5) is 0 Å². The Morgan fingerprint density at radius 3 is 2.86 bits per heavy atom. The number of ether oxygens (including phenoxy) is 1. The van der Waals surface area contributed by atoms with Crippen molar-refractivity contribution in [1.82, 2.24) is 20.4 Å². The first-order valence-electron chi connectivity index (χ1n) is 7.02. The SMILES string of the molecule is Cl.O=C(NCc1ccc(-n2cccn2)cc1)C1CNCCO1. The quantitative estimate of drug-likeness (QED) is 0.877. The van der Waals surface area contributed by atoms with E-state index in [0.717, 1.165) is 17.8 Å². The van der Waals surface area contributed by atoms with Gasteiger partial charge in [-0.2, -0.15) is 5.10 Å². The molecule has 2 aromatic rings. The molecule has 1 amide bonds. The minimum atomic E-state index is -0.387. The largest absolute Gasteiger partial charge is 0.366 e. The third kappa shape index (κ3) is 4.07. The second-order valence-electron chi connectivity index (χ2n) is 4.90. The van der Waals surface area contributed by atoms with Crippen molar-refractivity contribution in [2.24, 2.45) is 0 Å². The van der Waals surface area contributed by atoms with Gasteiger partial charge in [-0.25, -0.2) is 4.68 Å². The molecule has 22 heavy (non-hydrogen) atoms. The van der Waals surface area contributed by atoms with E-state index in [0.29, 0.717) is 19.7 Å². The number of aromatic nitrogens is 2. The number of carbonyl (C=O) groups is 1. The number of halogens is 1. The maximum atomic E-state index is 11.9. The molecule has 0 saturated carbocycles. The highest BCUT2D eigenvalue weighted by molar-refractivity contribution is 5.85. The predicted molar refractivity (Wildman–Crippen MR) is 85.3 cm³/mol. The summed E-state index contributed by atoms with van der Waals surface area (Å²) in [5, 5.41) is 10.2. The van der Waals surface area contributed by atoms with Gasteiger partial charge in [0.1, 0.15) is 6.10 Å². The lowest BCUT2D eigenvalue weighted by Gasteiger charge is -2.22. The lowest BCUT2D eigenvalue weighted by molar-refractivity contribution is -0.134. The molecule has 118 valence electrons. The first-order valence-corrected chi connectivity index (χ1v) is 7.02. The average molecular weight is 323 g/mol. The summed E-state index contributed by atoms with van der Waals surface area (Å²) in [4.78, 5) is 11.9. The minimum Gasteiger partial charge on any atom is -0.366 e. The molecule has 6 nitrogen and oxygen atoms in total. The van der Waals surface area contributed by atoms with Gasteiger partial charge in [0.15, 0.2) is 0 Å². The summed E-state index contributed by atoms with van der Waals surface area (Å²) in [7, 11) is 0. The van der Waals surface area contributed by atoms with Gasteiger partial charge in [-0.15, -0.1) is 12.4 Å². The van der Waals surface area contributed by atoms with Crippen LogP contribution in [0, 0.1) is 0 Å². The lowest BCUT2D eigenvalue weighted by Crippen LogP contribution is -2.47. The summed E-state index contributed by atoms with van der Waals surface area (Å²) in [6, 6.07) is 9.81. The summed E-state index contributed by atoms with van der Waals surface area (Å²) in [5.74, 6) is -0.0710. The van der Waals surface area contributed by atoms with E-state index in [1.165, 1.54) is 0 Å². The van der Waals surface area contributed by atoms with E-state index in [1.54, 1.807) is 10.9 Å². The molecule has 2 N–H and O–H groups in total. The van der Waals surface area contributed by atoms with E-state index in [-0.39, 0.29) is 24.4 Å². The molecule has 1 saturated heterocycles. The van der Waals surface area contributed by atoms with Crippen LogP contribution < -0.4 is 10.6 Å². The standard InChI is InChI=1S/C15H18N4O2.ClH/c20-15(14-11-16-7-9-21-14)17-10-12-2-4-13(5-3-12)19-8-1-6-18-19;/h1-6,8,14,16H,7,9-11H2,(H,17,20);1H. The fraction of sp³-hybridized carbons (Fsp3) is 0.333. The zero-order valence-corrected chi connectivity index (χ0v) is 12.9. The Hall–Kier alpha value is -1.89. The second-order valence-corrected chi connectivity index (χ2v) is 4.90. The Bertz CT molecular complexity index is 580. The highest BCUT2D eigenvalue weighted by Crippen LogP contribution is 2.08. The van der Waals surface area contributed by atoms with Crippen LogP contribution in [0.5, 0.6) is 0 Å². The Morgan fingerprint density at radius 2 is 2.23 bits per heavy atom. The van der Waals surface area contributed by atoms with Crippen molar-refractivity contribution in [3.05, 3.63) is 48.3 Å². The number of hydrogen-bond donors (Lipinski definition) is 2. The molecule has 1 atom stereocenters. The fourth-order valence-electron chi connectivity index (χ4n) is 2.22. The highest BCUT2D eigenvalue weighted by atomic mass is 35.5. The van der Waals surface area contributed by atoms with Crippen molar-refractivity contribution < 1.29 is 9.53 Å². The molecule has 0 aliphatic carbocycles. The molecule has 0 bridgehead atoms. The van der Waals surface area contributed by atoms with Crippen molar-refractivity contribution in [1.29, 1.82) is 0 Å². The third-order valence-electron chi connectivity index (χ3n) is 3.39. The number of rotatable bonds is 4. The Morgan fingerprint density at radius 1 is 1.41 bits per heavy atom. The molecule has 1 aromatic carbocycles.